The standard InChI is InChI=1S/C10H5N3/c11-5-4-10-8(6-12)2-1-3-9(10)7-13/h1-3H,4H2/i1D,2D,3D. The Labute approximate surface area is 80.3 Å². The van der Waals surface area contributed by atoms with Gasteiger partial charge in [-0.3, -0.25) is 0 Å². The van der Waals surface area contributed by atoms with Gasteiger partial charge in [0, 0.05) is 5.56 Å². The van der Waals surface area contributed by atoms with Crippen LogP contribution in [-0.4, -0.2) is 0 Å². The largest absolute Gasteiger partial charge is 0.198 e. The molecule has 1 aromatic carbocycles. The molecular weight excluding hydrogens is 162 g/mol. The van der Waals surface area contributed by atoms with Crippen LogP contribution in [0.2, 0.25) is 0 Å². The third-order valence-corrected chi connectivity index (χ3v) is 1.46. The van der Waals surface area contributed by atoms with Crippen molar-refractivity contribution >= 4 is 0 Å². The van der Waals surface area contributed by atoms with Gasteiger partial charge in [-0.2, -0.15) is 15.8 Å². The van der Waals surface area contributed by atoms with Gasteiger partial charge in [-0.1, -0.05) is 6.04 Å². The molecule has 0 saturated heterocycles. The van der Waals surface area contributed by atoms with Crippen LogP contribution in [-0.2, 0) is 6.42 Å². The predicted molar refractivity (Wildman–Crippen MR) is 45.2 cm³/mol. The van der Waals surface area contributed by atoms with Crippen LogP contribution in [0.5, 0.6) is 0 Å². The van der Waals surface area contributed by atoms with E-state index >= 15 is 0 Å². The van der Waals surface area contributed by atoms with Crippen LogP contribution in [0.1, 0.15) is 20.8 Å². The van der Waals surface area contributed by atoms with E-state index in [4.69, 9.17) is 19.9 Å². The van der Waals surface area contributed by atoms with Gasteiger partial charge in [0.15, 0.2) is 0 Å². The summed E-state index contributed by atoms with van der Waals surface area (Å²) in [5.74, 6) is 0. The molecule has 0 aromatic heterocycles. The Morgan fingerprint density at radius 1 is 1.15 bits per heavy atom. The highest BCUT2D eigenvalue weighted by atomic mass is 14.3. The number of nitriles is 3. The fourth-order valence-electron chi connectivity index (χ4n) is 0.879. The Morgan fingerprint density at radius 3 is 2.08 bits per heavy atom. The molecule has 0 heterocycles. The molecule has 0 unspecified atom stereocenters. The smallest absolute Gasteiger partial charge is 0.0995 e. The van der Waals surface area contributed by atoms with E-state index in [1.54, 1.807) is 18.2 Å². The van der Waals surface area contributed by atoms with Crippen LogP contribution in [0.15, 0.2) is 18.1 Å². The van der Waals surface area contributed by atoms with Crippen molar-refractivity contribution in [1.29, 1.82) is 15.8 Å². The number of benzene rings is 1. The maximum Gasteiger partial charge on any atom is 0.0995 e. The fraction of sp³-hybridized carbons (Fsp3) is 0.100. The summed E-state index contributed by atoms with van der Waals surface area (Å²) in [6, 6.07) is 3.90. The van der Waals surface area contributed by atoms with Gasteiger partial charge in [0.25, 0.3) is 0 Å². The van der Waals surface area contributed by atoms with Crippen molar-refractivity contribution in [2.75, 3.05) is 0 Å². The molecule has 0 aliphatic carbocycles. The van der Waals surface area contributed by atoms with E-state index in [1.807, 2.05) is 0 Å². The van der Waals surface area contributed by atoms with Crippen molar-refractivity contribution < 1.29 is 4.11 Å². The van der Waals surface area contributed by atoms with Crippen molar-refractivity contribution in [3.8, 4) is 18.2 Å². The Hall–Kier alpha value is -2.31. The molecule has 1 rings (SSSR count). The maximum atomic E-state index is 8.83. The summed E-state index contributed by atoms with van der Waals surface area (Å²) in [7, 11) is 0. The monoisotopic (exact) mass is 170 g/mol. The van der Waals surface area contributed by atoms with Crippen LogP contribution in [0.25, 0.3) is 0 Å². The second-order valence-corrected chi connectivity index (χ2v) is 2.16. The summed E-state index contributed by atoms with van der Waals surface area (Å²) in [6.07, 6.45) is -0.218. The number of rotatable bonds is 1. The fourth-order valence-corrected chi connectivity index (χ4v) is 0.879. The third-order valence-electron chi connectivity index (χ3n) is 1.46. The number of hydrogen-bond acceptors (Lipinski definition) is 3. The summed E-state index contributed by atoms with van der Waals surface area (Å²) in [4.78, 5) is 0. The molecule has 60 valence electrons. The van der Waals surface area contributed by atoms with Crippen LogP contribution in [0, 0.1) is 34.0 Å². The van der Waals surface area contributed by atoms with E-state index in [1.165, 1.54) is 0 Å². The predicted octanol–water partition coefficient (Wildman–Crippen LogP) is 1.50. The van der Waals surface area contributed by atoms with Crippen molar-refractivity contribution in [2.24, 2.45) is 0 Å². The zero-order valence-corrected chi connectivity index (χ0v) is 6.55. The first-order valence-corrected chi connectivity index (χ1v) is 3.38. The van der Waals surface area contributed by atoms with Gasteiger partial charge in [-0.05, 0) is 12.1 Å². The van der Waals surface area contributed by atoms with E-state index in [-0.39, 0.29) is 23.1 Å². The zero-order valence-electron chi connectivity index (χ0n) is 9.55. The molecule has 0 saturated carbocycles. The summed E-state index contributed by atoms with van der Waals surface area (Å²) in [5.41, 5.74) is -0.267. The molecule has 0 N–H and O–H groups in total. The van der Waals surface area contributed by atoms with Crippen molar-refractivity contribution in [3.63, 3.8) is 0 Å². The molecule has 3 heteroatoms. The van der Waals surface area contributed by atoms with Gasteiger partial charge >= 0.3 is 0 Å². The molecule has 13 heavy (non-hydrogen) atoms. The molecule has 1 aromatic rings. The first-order valence-electron chi connectivity index (χ1n) is 4.88. The second-order valence-electron chi connectivity index (χ2n) is 2.16. The van der Waals surface area contributed by atoms with Gasteiger partial charge in [0.2, 0.25) is 0 Å². The average molecular weight is 170 g/mol. The Morgan fingerprint density at radius 2 is 1.69 bits per heavy atom. The molecule has 0 radical (unpaired) electrons. The lowest BCUT2D eigenvalue weighted by Gasteiger charge is -1.99. The molecule has 0 amide bonds. The molecule has 0 spiro atoms. The molecule has 0 fully saturated rings. The van der Waals surface area contributed by atoms with Crippen molar-refractivity contribution in [1.82, 2.24) is 0 Å². The normalized spacial score (nSPS) is 11.3. The lowest BCUT2D eigenvalue weighted by molar-refractivity contribution is 1.22. The Balaban J connectivity index is 3.78. The summed E-state index contributed by atoms with van der Waals surface area (Å²) >= 11 is 0. The van der Waals surface area contributed by atoms with Crippen LogP contribution < -0.4 is 0 Å². The van der Waals surface area contributed by atoms with E-state index in [0.29, 0.717) is 0 Å². The van der Waals surface area contributed by atoms with Gasteiger partial charge in [0.05, 0.1) is 39.9 Å². The van der Waals surface area contributed by atoms with Gasteiger partial charge in [-0.15, -0.1) is 0 Å². The minimum atomic E-state index is -0.463. The van der Waals surface area contributed by atoms with Crippen LogP contribution in [0.3, 0.4) is 0 Å². The molecule has 0 aliphatic rings. The number of nitrogens with zero attached hydrogens (tertiary/aromatic N) is 3. The molecular formula is C10H5N3. The minimum Gasteiger partial charge on any atom is -0.198 e. The van der Waals surface area contributed by atoms with Gasteiger partial charge in [-0.25, -0.2) is 0 Å². The van der Waals surface area contributed by atoms with Crippen molar-refractivity contribution in [3.05, 3.63) is 34.8 Å². The average Bonchev–Trinajstić information content (AvgIpc) is 2.28. The molecule has 0 bridgehead atoms. The van der Waals surface area contributed by atoms with E-state index in [0.717, 1.165) is 0 Å². The second kappa shape index (κ2) is 3.90. The van der Waals surface area contributed by atoms with E-state index in [2.05, 4.69) is 0 Å². The van der Waals surface area contributed by atoms with Crippen molar-refractivity contribution in [2.45, 2.75) is 6.42 Å². The van der Waals surface area contributed by atoms with Gasteiger partial charge in [0.1, 0.15) is 0 Å². The molecule has 3 nitrogen and oxygen atoms in total. The SMILES string of the molecule is [2H]c1c([2H])c(C#N)c(CC#N)c(C#N)c1[2H]. The topological polar surface area (TPSA) is 71.4 Å². The lowest BCUT2D eigenvalue weighted by Crippen LogP contribution is -1.92. The highest BCUT2D eigenvalue weighted by Gasteiger charge is 2.06. The molecule has 0 aliphatic heterocycles. The summed E-state index contributed by atoms with van der Waals surface area (Å²) < 4.78 is 22.4. The highest BCUT2D eigenvalue weighted by molar-refractivity contribution is 5.49. The van der Waals surface area contributed by atoms with E-state index in [9.17, 15) is 0 Å². The quantitative estimate of drug-likeness (QED) is 0.641. The van der Waals surface area contributed by atoms with Crippen LogP contribution >= 0.6 is 0 Å². The van der Waals surface area contributed by atoms with Crippen LogP contribution in [0.4, 0.5) is 0 Å². The highest BCUT2D eigenvalue weighted by Crippen LogP contribution is 2.13. The third kappa shape index (κ3) is 1.64. The Bertz CT molecular complexity index is 532. The van der Waals surface area contributed by atoms with E-state index < -0.39 is 18.1 Å². The summed E-state index contributed by atoms with van der Waals surface area (Å²) in [5, 5.41) is 26.2. The number of hydrogen-bond donors (Lipinski definition) is 0. The first-order chi connectivity index (χ1) is 7.58. The van der Waals surface area contributed by atoms with Gasteiger partial charge < -0.3 is 0 Å². The maximum absolute atomic E-state index is 8.83. The summed E-state index contributed by atoms with van der Waals surface area (Å²) in [6.45, 7) is 0. The molecule has 0 atom stereocenters. The lowest BCUT2D eigenvalue weighted by atomic mass is 10.0. The first kappa shape index (κ1) is 5.36. The Kier molecular flexibility index (Phi) is 1.61. The zero-order chi connectivity index (χ0) is 12.3. The minimum absolute atomic E-state index is 0.0681.